The monoisotopic (exact) mass is 216 g/mol. The fraction of sp³-hybridized carbons (Fsp3) is 1.00. The summed E-state index contributed by atoms with van der Waals surface area (Å²) in [7, 11) is 0. The van der Waals surface area contributed by atoms with Crippen LogP contribution in [0.5, 0.6) is 0 Å². The molecule has 0 aromatic carbocycles. The summed E-state index contributed by atoms with van der Waals surface area (Å²) in [6, 6.07) is 0. The second-order valence-electron chi connectivity index (χ2n) is 4.98. The van der Waals surface area contributed by atoms with E-state index in [-0.39, 0.29) is 5.41 Å². The van der Waals surface area contributed by atoms with Crippen LogP contribution < -0.4 is 0 Å². The largest absolute Gasteiger partial charge is 0.381 e. The third kappa shape index (κ3) is 10.2. The molecule has 0 aliphatic rings. The molecule has 0 fully saturated rings. The Hall–Kier alpha value is -0.0800. The van der Waals surface area contributed by atoms with Crippen molar-refractivity contribution < 1.29 is 9.47 Å². The predicted octanol–water partition coefficient (Wildman–Crippen LogP) is 3.65. The number of hydrogen-bond donors (Lipinski definition) is 0. The van der Waals surface area contributed by atoms with Crippen LogP contribution >= 0.6 is 0 Å². The third-order valence-electron chi connectivity index (χ3n) is 2.27. The number of hydrogen-bond acceptors (Lipinski definition) is 2. The lowest BCUT2D eigenvalue weighted by molar-refractivity contribution is -0.00459. The van der Waals surface area contributed by atoms with Crippen molar-refractivity contribution in [2.24, 2.45) is 5.41 Å². The molecule has 0 aromatic heterocycles. The number of ether oxygens (including phenoxy) is 2. The van der Waals surface area contributed by atoms with E-state index in [0.29, 0.717) is 0 Å². The Bertz CT molecular complexity index is 118. The predicted molar refractivity (Wildman–Crippen MR) is 65.2 cm³/mol. The molecule has 0 rings (SSSR count). The molecule has 0 aliphatic heterocycles. The van der Waals surface area contributed by atoms with Crippen LogP contribution in [0, 0.1) is 5.41 Å². The molecule has 0 aliphatic carbocycles. The molecule has 0 saturated heterocycles. The first-order valence-electron chi connectivity index (χ1n) is 6.28. The highest BCUT2D eigenvalue weighted by atomic mass is 16.5. The zero-order chi connectivity index (χ0) is 11.6. The van der Waals surface area contributed by atoms with Gasteiger partial charge in [0.1, 0.15) is 0 Å². The SMILES string of the molecule is CCCCOCC(C)(C)COCCCC. The summed E-state index contributed by atoms with van der Waals surface area (Å²) < 4.78 is 11.2. The van der Waals surface area contributed by atoms with Crippen molar-refractivity contribution in [1.29, 1.82) is 0 Å². The van der Waals surface area contributed by atoms with E-state index in [9.17, 15) is 0 Å². The highest BCUT2D eigenvalue weighted by molar-refractivity contribution is 4.66. The number of unbranched alkanes of at least 4 members (excludes halogenated alkanes) is 2. The lowest BCUT2D eigenvalue weighted by Crippen LogP contribution is -2.26. The molecule has 2 nitrogen and oxygen atoms in total. The van der Waals surface area contributed by atoms with E-state index in [0.717, 1.165) is 39.3 Å². The minimum absolute atomic E-state index is 0.154. The molecule has 0 spiro atoms. The van der Waals surface area contributed by atoms with Crippen molar-refractivity contribution >= 4 is 0 Å². The summed E-state index contributed by atoms with van der Waals surface area (Å²) in [4.78, 5) is 0. The van der Waals surface area contributed by atoms with Crippen LogP contribution in [0.1, 0.15) is 53.4 Å². The quantitative estimate of drug-likeness (QED) is 0.519. The molecule has 0 unspecified atom stereocenters. The van der Waals surface area contributed by atoms with Gasteiger partial charge in [0.15, 0.2) is 0 Å². The van der Waals surface area contributed by atoms with Crippen LogP contribution in [0.25, 0.3) is 0 Å². The van der Waals surface area contributed by atoms with Crippen molar-refractivity contribution in [3.8, 4) is 0 Å². The average molecular weight is 216 g/mol. The summed E-state index contributed by atoms with van der Waals surface area (Å²) in [5, 5.41) is 0. The van der Waals surface area contributed by atoms with Crippen molar-refractivity contribution in [2.45, 2.75) is 53.4 Å². The van der Waals surface area contributed by atoms with Crippen LogP contribution in [0.15, 0.2) is 0 Å². The van der Waals surface area contributed by atoms with Gasteiger partial charge in [-0.2, -0.15) is 0 Å². The molecule has 0 N–H and O–H groups in total. The van der Waals surface area contributed by atoms with Gasteiger partial charge in [-0.05, 0) is 12.8 Å². The van der Waals surface area contributed by atoms with Gasteiger partial charge < -0.3 is 9.47 Å². The second kappa shape index (κ2) is 9.17. The molecular weight excluding hydrogens is 188 g/mol. The topological polar surface area (TPSA) is 18.5 Å². The van der Waals surface area contributed by atoms with Crippen molar-refractivity contribution in [2.75, 3.05) is 26.4 Å². The maximum Gasteiger partial charge on any atom is 0.0539 e. The van der Waals surface area contributed by atoms with E-state index in [2.05, 4.69) is 27.7 Å². The first-order chi connectivity index (χ1) is 7.12. The van der Waals surface area contributed by atoms with Crippen LogP contribution in [-0.4, -0.2) is 26.4 Å². The Kier molecular flexibility index (Phi) is 9.12. The van der Waals surface area contributed by atoms with Crippen LogP contribution in [0.3, 0.4) is 0 Å². The average Bonchev–Trinajstić information content (AvgIpc) is 2.20. The molecule has 0 saturated carbocycles. The Balaban J connectivity index is 3.40. The lowest BCUT2D eigenvalue weighted by atomic mass is 9.96. The summed E-state index contributed by atoms with van der Waals surface area (Å²) in [5.41, 5.74) is 0.154. The van der Waals surface area contributed by atoms with Crippen molar-refractivity contribution in [3.63, 3.8) is 0 Å². The van der Waals surface area contributed by atoms with Gasteiger partial charge in [-0.3, -0.25) is 0 Å². The first-order valence-corrected chi connectivity index (χ1v) is 6.28. The van der Waals surface area contributed by atoms with E-state index >= 15 is 0 Å². The highest BCUT2D eigenvalue weighted by Crippen LogP contribution is 2.16. The Morgan fingerprint density at radius 2 is 1.20 bits per heavy atom. The van der Waals surface area contributed by atoms with Crippen LogP contribution in [0.4, 0.5) is 0 Å². The zero-order valence-corrected chi connectivity index (χ0v) is 11.0. The van der Waals surface area contributed by atoms with Gasteiger partial charge in [0.2, 0.25) is 0 Å². The Morgan fingerprint density at radius 1 is 0.800 bits per heavy atom. The Morgan fingerprint density at radius 3 is 1.53 bits per heavy atom. The minimum atomic E-state index is 0.154. The second-order valence-corrected chi connectivity index (χ2v) is 4.98. The van der Waals surface area contributed by atoms with Gasteiger partial charge >= 0.3 is 0 Å². The van der Waals surface area contributed by atoms with Crippen molar-refractivity contribution in [3.05, 3.63) is 0 Å². The summed E-state index contributed by atoms with van der Waals surface area (Å²) in [5.74, 6) is 0. The van der Waals surface area contributed by atoms with E-state index in [4.69, 9.17) is 9.47 Å². The van der Waals surface area contributed by atoms with Gasteiger partial charge in [0, 0.05) is 18.6 Å². The highest BCUT2D eigenvalue weighted by Gasteiger charge is 2.18. The fourth-order valence-electron chi connectivity index (χ4n) is 1.23. The van der Waals surface area contributed by atoms with Gasteiger partial charge in [-0.1, -0.05) is 40.5 Å². The molecule has 0 radical (unpaired) electrons. The smallest absolute Gasteiger partial charge is 0.0539 e. The van der Waals surface area contributed by atoms with Gasteiger partial charge in [-0.15, -0.1) is 0 Å². The molecule has 0 heterocycles. The zero-order valence-electron chi connectivity index (χ0n) is 11.0. The molecule has 0 aromatic rings. The minimum Gasteiger partial charge on any atom is -0.381 e. The maximum absolute atomic E-state index is 5.62. The summed E-state index contributed by atoms with van der Waals surface area (Å²) >= 11 is 0. The van der Waals surface area contributed by atoms with Crippen molar-refractivity contribution in [1.82, 2.24) is 0 Å². The van der Waals surface area contributed by atoms with Gasteiger partial charge in [0.05, 0.1) is 13.2 Å². The lowest BCUT2D eigenvalue weighted by Gasteiger charge is -2.24. The molecular formula is C13H28O2. The third-order valence-corrected chi connectivity index (χ3v) is 2.27. The Labute approximate surface area is 95.3 Å². The van der Waals surface area contributed by atoms with E-state index in [1.807, 2.05) is 0 Å². The molecule has 0 amide bonds. The molecule has 0 atom stereocenters. The van der Waals surface area contributed by atoms with Crippen LogP contribution in [0.2, 0.25) is 0 Å². The standard InChI is InChI=1S/C13H28O2/c1-5-7-9-14-11-13(3,4)12-15-10-8-6-2/h5-12H2,1-4H3. The van der Waals surface area contributed by atoms with Gasteiger partial charge in [-0.25, -0.2) is 0 Å². The summed E-state index contributed by atoms with van der Waals surface area (Å²) in [6.45, 7) is 12.1. The van der Waals surface area contributed by atoms with Gasteiger partial charge in [0.25, 0.3) is 0 Å². The van der Waals surface area contributed by atoms with E-state index in [1.165, 1.54) is 12.8 Å². The van der Waals surface area contributed by atoms with E-state index in [1.54, 1.807) is 0 Å². The first kappa shape index (κ1) is 14.9. The molecule has 2 heteroatoms. The maximum atomic E-state index is 5.62. The van der Waals surface area contributed by atoms with Crippen LogP contribution in [-0.2, 0) is 9.47 Å². The number of rotatable bonds is 10. The normalized spacial score (nSPS) is 12.0. The fourth-order valence-corrected chi connectivity index (χ4v) is 1.23. The van der Waals surface area contributed by atoms with E-state index < -0.39 is 0 Å². The summed E-state index contributed by atoms with van der Waals surface area (Å²) in [6.07, 6.45) is 4.72. The molecule has 92 valence electrons. The molecule has 15 heavy (non-hydrogen) atoms. The molecule has 0 bridgehead atoms.